The number of aryl methyl sites for hydroxylation is 1. The Labute approximate surface area is 185 Å². The van der Waals surface area contributed by atoms with Crippen LogP contribution in [0.15, 0.2) is 65.6 Å². The molecule has 2 aromatic carbocycles. The Morgan fingerprint density at radius 1 is 1.12 bits per heavy atom. The number of nitrogens with zero attached hydrogens (tertiary/aromatic N) is 4. The summed E-state index contributed by atoms with van der Waals surface area (Å²) in [5, 5.41) is 12.8. The summed E-state index contributed by atoms with van der Waals surface area (Å²) in [4.78, 5) is 26.2. The van der Waals surface area contributed by atoms with Gasteiger partial charge in [-0.2, -0.15) is 10.2 Å². The number of amides is 1. The zero-order chi connectivity index (χ0) is 22.2. The molecule has 1 amide bonds. The second-order valence-corrected chi connectivity index (χ2v) is 8.48. The first kappa shape index (κ1) is 20.2. The van der Waals surface area contributed by atoms with Crippen LogP contribution in [0.5, 0.6) is 0 Å². The van der Waals surface area contributed by atoms with Crippen molar-refractivity contribution in [2.24, 2.45) is 0 Å². The number of benzene rings is 2. The van der Waals surface area contributed by atoms with E-state index in [1.54, 1.807) is 10.9 Å². The summed E-state index contributed by atoms with van der Waals surface area (Å²) in [6.07, 6.45) is 3.79. The van der Waals surface area contributed by atoms with Crippen molar-refractivity contribution < 1.29 is 4.79 Å². The van der Waals surface area contributed by atoms with Crippen molar-refractivity contribution in [3.8, 4) is 5.69 Å². The van der Waals surface area contributed by atoms with Gasteiger partial charge in [-0.15, -0.1) is 0 Å². The van der Waals surface area contributed by atoms with E-state index in [2.05, 4.69) is 15.5 Å². The van der Waals surface area contributed by atoms with Crippen LogP contribution in [0, 0.1) is 6.92 Å². The minimum absolute atomic E-state index is 0.134. The van der Waals surface area contributed by atoms with E-state index in [0.717, 1.165) is 35.2 Å². The van der Waals surface area contributed by atoms with E-state index in [0.29, 0.717) is 11.4 Å². The van der Waals surface area contributed by atoms with Crippen LogP contribution >= 0.6 is 0 Å². The molecule has 0 saturated heterocycles. The molecule has 1 saturated carbocycles. The minimum atomic E-state index is -0.316. The Kier molecular flexibility index (Phi) is 5.09. The van der Waals surface area contributed by atoms with Gasteiger partial charge >= 0.3 is 0 Å². The van der Waals surface area contributed by atoms with Crippen molar-refractivity contribution in [1.82, 2.24) is 24.9 Å². The predicted molar refractivity (Wildman–Crippen MR) is 123 cm³/mol. The highest BCUT2D eigenvalue weighted by molar-refractivity contribution is 5.83. The largest absolute Gasteiger partial charge is 0.348 e. The molecule has 1 atom stereocenters. The Morgan fingerprint density at radius 3 is 2.53 bits per heavy atom. The highest BCUT2D eigenvalue weighted by Gasteiger charge is 2.30. The van der Waals surface area contributed by atoms with Crippen LogP contribution in [-0.4, -0.2) is 25.5 Å². The maximum atomic E-state index is 13.4. The molecule has 2 heterocycles. The average molecular weight is 428 g/mol. The number of aromatic nitrogens is 4. The van der Waals surface area contributed by atoms with Gasteiger partial charge in [-0.25, -0.2) is 9.36 Å². The summed E-state index contributed by atoms with van der Waals surface area (Å²) in [6.45, 7) is 3.82. The maximum absolute atomic E-state index is 13.4. The zero-order valence-corrected chi connectivity index (χ0v) is 18.2. The van der Waals surface area contributed by atoms with Gasteiger partial charge in [-0.1, -0.05) is 48.0 Å². The van der Waals surface area contributed by atoms with E-state index in [4.69, 9.17) is 0 Å². The van der Waals surface area contributed by atoms with E-state index in [-0.39, 0.29) is 24.1 Å². The average Bonchev–Trinajstić information content (AvgIpc) is 3.54. The quantitative estimate of drug-likeness (QED) is 0.509. The van der Waals surface area contributed by atoms with Crippen LogP contribution < -0.4 is 10.9 Å². The molecule has 0 radical (unpaired) electrons. The van der Waals surface area contributed by atoms with Crippen LogP contribution in [0.4, 0.5) is 0 Å². The second-order valence-electron chi connectivity index (χ2n) is 8.48. The molecule has 1 fully saturated rings. The van der Waals surface area contributed by atoms with Crippen molar-refractivity contribution >= 4 is 16.8 Å². The van der Waals surface area contributed by atoms with Crippen molar-refractivity contribution in [1.29, 1.82) is 0 Å². The topological polar surface area (TPSA) is 81.8 Å². The van der Waals surface area contributed by atoms with Crippen LogP contribution in [0.1, 0.15) is 48.5 Å². The van der Waals surface area contributed by atoms with Crippen LogP contribution in [-0.2, 0) is 11.3 Å². The molecule has 1 N–H and O–H groups in total. The number of nitrogens with one attached hydrogen (secondary N) is 1. The number of rotatable bonds is 6. The standard InChI is InChI=1S/C25H25N5O2/c1-16-8-10-18(11-9-16)17(2)27-22(31)15-29-25(32)24-21(23(28-29)19-12-13-19)14-26-30(24)20-6-4-3-5-7-20/h3-11,14,17,19H,12-13,15H2,1-2H3,(H,27,31)/t17-/m0/s1. The lowest BCUT2D eigenvalue weighted by Gasteiger charge is -2.15. The van der Waals surface area contributed by atoms with Crippen molar-refractivity contribution in [2.45, 2.75) is 45.2 Å². The lowest BCUT2D eigenvalue weighted by atomic mass is 10.1. The number of fused-ring (bicyclic) bond motifs is 1. The Hall–Kier alpha value is -3.74. The first-order valence-corrected chi connectivity index (χ1v) is 10.9. The fourth-order valence-electron chi connectivity index (χ4n) is 3.99. The normalized spacial score (nSPS) is 14.4. The SMILES string of the molecule is Cc1ccc([C@H](C)NC(=O)Cn2nc(C3CC3)c3cnn(-c4ccccc4)c3c2=O)cc1. The van der Waals surface area contributed by atoms with Gasteiger partial charge in [-0.3, -0.25) is 9.59 Å². The molecule has 162 valence electrons. The van der Waals surface area contributed by atoms with Gasteiger partial charge in [0.1, 0.15) is 12.1 Å². The van der Waals surface area contributed by atoms with Crippen LogP contribution in [0.2, 0.25) is 0 Å². The summed E-state index contributed by atoms with van der Waals surface area (Å²) in [5.74, 6) is 0.0619. The second kappa shape index (κ2) is 8.07. The number of hydrogen-bond acceptors (Lipinski definition) is 4. The van der Waals surface area contributed by atoms with E-state index >= 15 is 0 Å². The van der Waals surface area contributed by atoms with E-state index in [9.17, 15) is 9.59 Å². The molecule has 7 nitrogen and oxygen atoms in total. The van der Waals surface area contributed by atoms with E-state index in [1.807, 2.05) is 68.4 Å². The molecule has 7 heteroatoms. The third-order valence-electron chi connectivity index (χ3n) is 5.92. The molecule has 1 aliphatic rings. The molecular formula is C25H25N5O2. The third-order valence-corrected chi connectivity index (χ3v) is 5.92. The molecule has 4 aromatic rings. The van der Waals surface area contributed by atoms with Gasteiger partial charge in [0.2, 0.25) is 5.91 Å². The molecule has 1 aliphatic carbocycles. The Morgan fingerprint density at radius 2 is 1.84 bits per heavy atom. The van der Waals surface area contributed by atoms with Crippen LogP contribution in [0.25, 0.3) is 16.6 Å². The molecular weight excluding hydrogens is 402 g/mol. The Balaban J connectivity index is 1.48. The summed E-state index contributed by atoms with van der Waals surface area (Å²) < 4.78 is 2.93. The highest BCUT2D eigenvalue weighted by Crippen LogP contribution is 2.41. The van der Waals surface area contributed by atoms with Crippen molar-refractivity contribution in [3.63, 3.8) is 0 Å². The van der Waals surface area contributed by atoms with E-state index < -0.39 is 0 Å². The zero-order valence-electron chi connectivity index (χ0n) is 18.2. The molecule has 0 aliphatic heterocycles. The lowest BCUT2D eigenvalue weighted by molar-refractivity contribution is -0.122. The molecule has 0 unspecified atom stereocenters. The fourth-order valence-corrected chi connectivity index (χ4v) is 3.99. The molecule has 0 spiro atoms. The van der Waals surface area contributed by atoms with Gasteiger partial charge in [0.05, 0.1) is 23.6 Å². The van der Waals surface area contributed by atoms with Crippen LogP contribution in [0.3, 0.4) is 0 Å². The molecule has 5 rings (SSSR count). The van der Waals surface area contributed by atoms with Gasteiger partial charge < -0.3 is 5.32 Å². The van der Waals surface area contributed by atoms with Crippen molar-refractivity contribution in [3.05, 3.63) is 88.0 Å². The van der Waals surface area contributed by atoms with E-state index in [1.165, 1.54) is 10.2 Å². The number of carbonyl (C=O) groups excluding carboxylic acids is 1. The highest BCUT2D eigenvalue weighted by atomic mass is 16.2. The summed E-state index contributed by atoms with van der Waals surface area (Å²) in [6, 6.07) is 17.4. The first-order chi connectivity index (χ1) is 15.5. The summed E-state index contributed by atoms with van der Waals surface area (Å²) in [5.41, 5.74) is 3.98. The maximum Gasteiger partial charge on any atom is 0.293 e. The lowest BCUT2D eigenvalue weighted by Crippen LogP contribution is -2.35. The summed E-state index contributed by atoms with van der Waals surface area (Å²) in [7, 11) is 0. The van der Waals surface area contributed by atoms with Crippen molar-refractivity contribution in [2.75, 3.05) is 0 Å². The van der Waals surface area contributed by atoms with Gasteiger partial charge in [0, 0.05) is 11.3 Å². The smallest absolute Gasteiger partial charge is 0.293 e. The first-order valence-electron chi connectivity index (χ1n) is 10.9. The third kappa shape index (κ3) is 3.82. The number of para-hydroxylation sites is 1. The predicted octanol–water partition coefficient (Wildman–Crippen LogP) is 3.65. The minimum Gasteiger partial charge on any atom is -0.348 e. The number of carbonyl (C=O) groups is 1. The molecule has 0 bridgehead atoms. The summed E-state index contributed by atoms with van der Waals surface area (Å²) >= 11 is 0. The monoisotopic (exact) mass is 427 g/mol. The van der Waals surface area contributed by atoms with Gasteiger partial charge in [0.25, 0.3) is 5.56 Å². The Bertz CT molecular complexity index is 1330. The van der Waals surface area contributed by atoms with Gasteiger partial charge in [0.15, 0.2) is 0 Å². The van der Waals surface area contributed by atoms with Gasteiger partial charge in [-0.05, 0) is 44.4 Å². The molecule has 2 aromatic heterocycles. The fraction of sp³-hybridized carbons (Fsp3) is 0.280. The molecule has 32 heavy (non-hydrogen) atoms. The number of hydrogen-bond donors (Lipinski definition) is 1.